The second-order valence-corrected chi connectivity index (χ2v) is 0. The summed E-state index contributed by atoms with van der Waals surface area (Å²) in [7, 11) is 0. The van der Waals surface area contributed by atoms with Gasteiger partial charge in [0, 0.05) is 160 Å². The van der Waals surface area contributed by atoms with Gasteiger partial charge < -0.3 is 0 Å². The van der Waals surface area contributed by atoms with Crippen LogP contribution in [0.3, 0.4) is 0 Å². The topological polar surface area (TPSA) is 0 Å². The van der Waals surface area contributed by atoms with Gasteiger partial charge in [-0.1, -0.05) is 0 Å². The summed E-state index contributed by atoms with van der Waals surface area (Å²) in [6.07, 6.45) is 0. The molecule has 0 N–H and O–H groups in total. The summed E-state index contributed by atoms with van der Waals surface area (Å²) in [5.41, 5.74) is 0. The van der Waals surface area contributed by atoms with Crippen LogP contribution < -0.4 is 0 Å². The smallest absolute Gasteiger partial charge is 0 e. The van der Waals surface area contributed by atoms with Gasteiger partial charge >= 0.3 is 0 Å². The minimum Gasteiger partial charge on any atom is 0 e. The standard InChI is InChI=1S/Ba.Bi.Mn.Nd.Pb. The van der Waals surface area contributed by atoms with Crippen LogP contribution in [-0.4, -0.2) is 102 Å². The molecular formula is BaBiMnNdPb. The summed E-state index contributed by atoms with van der Waals surface area (Å²) < 4.78 is 0. The van der Waals surface area contributed by atoms with Gasteiger partial charge in [-0.25, -0.2) is 0 Å². The van der Waals surface area contributed by atoms with Crippen molar-refractivity contribution in [2.75, 3.05) is 0 Å². The van der Waals surface area contributed by atoms with E-state index in [4.69, 9.17) is 0 Å². The molecule has 0 bridgehead atoms. The molecule has 5 heteroatoms. The van der Waals surface area contributed by atoms with Crippen LogP contribution in [-0.2, 0) is 17.1 Å². The van der Waals surface area contributed by atoms with Crippen LogP contribution in [0.4, 0.5) is 0 Å². The van der Waals surface area contributed by atoms with Gasteiger partial charge in [-0.15, -0.1) is 0 Å². The molecule has 0 fully saturated rings. The van der Waals surface area contributed by atoms with Gasteiger partial charge in [0.05, 0.1) is 0 Å². The molecule has 0 heterocycles. The van der Waals surface area contributed by atoms with Gasteiger partial charge in [-0.05, 0) is 0 Å². The van der Waals surface area contributed by atoms with E-state index in [1.807, 2.05) is 0 Å². The van der Waals surface area contributed by atoms with E-state index in [1.54, 1.807) is 0 Å². The third-order valence-electron chi connectivity index (χ3n) is 0. The van der Waals surface area contributed by atoms with E-state index < -0.39 is 0 Å². The van der Waals surface area contributed by atoms with Crippen LogP contribution in [0.25, 0.3) is 0 Å². The van der Waals surface area contributed by atoms with E-state index in [0.717, 1.165) is 0 Å². The minimum atomic E-state index is 0. The Hall–Kier alpha value is 5.25. The molecule has 0 aromatic heterocycles. The van der Waals surface area contributed by atoms with Gasteiger partial charge in [0.1, 0.15) is 0 Å². The van der Waals surface area contributed by atoms with Gasteiger partial charge in [0.2, 0.25) is 0 Å². The second kappa shape index (κ2) is 22.8. The summed E-state index contributed by atoms with van der Waals surface area (Å²) in [6.45, 7) is 0. The maximum absolute atomic E-state index is 0. The Morgan fingerprint density at radius 2 is 1.00 bits per heavy atom. The van der Waals surface area contributed by atoms with Crippen molar-refractivity contribution in [1.29, 1.82) is 0 Å². The molecule has 0 amide bonds. The van der Waals surface area contributed by atoms with E-state index in [9.17, 15) is 0 Å². The second-order valence-electron chi connectivity index (χ2n) is 0. The minimum absolute atomic E-state index is 0. The summed E-state index contributed by atoms with van der Waals surface area (Å²) in [4.78, 5) is 0. The Balaban J connectivity index is 0. The summed E-state index contributed by atoms with van der Waals surface area (Å²) in [5.74, 6) is 0. The molecule has 0 saturated heterocycles. The molecule has 22 valence electrons. The zero-order chi connectivity index (χ0) is 0. The molecule has 0 aliphatic carbocycles. The molecule has 10 radical (unpaired) electrons. The molecule has 0 aromatic carbocycles. The van der Waals surface area contributed by atoms with Crippen molar-refractivity contribution >= 4 is 102 Å². The number of rotatable bonds is 0. The van der Waals surface area contributed by atoms with Crippen molar-refractivity contribution in [2.45, 2.75) is 0 Å². The van der Waals surface area contributed by atoms with E-state index >= 15 is 0 Å². The fourth-order valence-electron chi connectivity index (χ4n) is 0. The molecule has 5 heavy (non-hydrogen) atoms. The third kappa shape index (κ3) is 17.6. The van der Waals surface area contributed by atoms with E-state index in [-0.39, 0.29) is 160 Å². The summed E-state index contributed by atoms with van der Waals surface area (Å²) in [6, 6.07) is 0. The monoisotopic (exact) mass is 752 g/mol. The Morgan fingerprint density at radius 1 is 1.00 bits per heavy atom. The summed E-state index contributed by atoms with van der Waals surface area (Å²) >= 11 is 0. The molecule has 0 nitrogen and oxygen atoms in total. The van der Waals surface area contributed by atoms with Crippen molar-refractivity contribution < 1.29 is 57.9 Å². The molecule has 0 saturated carbocycles. The average molecular weight is 753 g/mol. The molecule has 0 atom stereocenters. The quantitative estimate of drug-likeness (QED) is 0.275. The molecule has 0 rings (SSSR count). The molecular weight excluding hydrogens is 753 g/mol. The maximum Gasteiger partial charge on any atom is 0 e. The Labute approximate surface area is 155 Å². The van der Waals surface area contributed by atoms with E-state index in [0.29, 0.717) is 0 Å². The van der Waals surface area contributed by atoms with Crippen LogP contribution in [0.2, 0.25) is 0 Å². The largest absolute Gasteiger partial charge is 0 e. The fraction of sp³-hybridized carbons (Fsp3) is 0. The molecule has 0 aromatic rings. The van der Waals surface area contributed by atoms with Gasteiger partial charge in [-0.2, -0.15) is 0 Å². The van der Waals surface area contributed by atoms with Gasteiger partial charge in [-0.3, -0.25) is 0 Å². The van der Waals surface area contributed by atoms with E-state index in [2.05, 4.69) is 0 Å². The molecule has 0 aliphatic heterocycles. The number of hydrogen-bond donors (Lipinski definition) is 0. The molecule has 0 unspecified atom stereocenters. The average Bonchev–Trinajstić information content (AvgIpc) is 0. The first-order valence-electron chi connectivity index (χ1n) is 0. The molecule has 0 spiro atoms. The zero-order valence-corrected chi connectivity index (χ0v) is 18.7. The van der Waals surface area contributed by atoms with Crippen LogP contribution in [0.1, 0.15) is 0 Å². The zero-order valence-electron chi connectivity index (χ0n) is 2.53. The Kier molecular flexibility index (Phi) is 145. The Morgan fingerprint density at radius 3 is 1.00 bits per heavy atom. The fourth-order valence-corrected chi connectivity index (χ4v) is 0. The van der Waals surface area contributed by atoms with Crippen molar-refractivity contribution in [3.63, 3.8) is 0 Å². The Bertz CT molecular complexity index is 11.6. The van der Waals surface area contributed by atoms with E-state index in [1.165, 1.54) is 0 Å². The van der Waals surface area contributed by atoms with Crippen molar-refractivity contribution in [1.82, 2.24) is 0 Å². The van der Waals surface area contributed by atoms with Crippen LogP contribution in [0.15, 0.2) is 0 Å². The SMILES string of the molecule is [Ba].[Bi].[Mn].[Nd].[Pb]. The predicted octanol–water partition coefficient (Wildman–Crippen LogP) is -1.14. The first kappa shape index (κ1) is 31.8. The molecule has 0 aliphatic rings. The van der Waals surface area contributed by atoms with Crippen LogP contribution in [0.5, 0.6) is 0 Å². The van der Waals surface area contributed by atoms with Crippen LogP contribution >= 0.6 is 0 Å². The van der Waals surface area contributed by atoms with Crippen molar-refractivity contribution in [3.05, 3.63) is 0 Å². The van der Waals surface area contributed by atoms with Crippen molar-refractivity contribution in [3.8, 4) is 0 Å². The first-order valence-corrected chi connectivity index (χ1v) is 0. The third-order valence-corrected chi connectivity index (χ3v) is 0. The van der Waals surface area contributed by atoms with Crippen molar-refractivity contribution in [2.24, 2.45) is 0 Å². The number of hydrogen-bond acceptors (Lipinski definition) is 0. The predicted molar refractivity (Wildman–Crippen MR) is 17.3 cm³/mol. The normalized spacial score (nSPS) is 0. The van der Waals surface area contributed by atoms with Gasteiger partial charge in [0.15, 0.2) is 0 Å². The summed E-state index contributed by atoms with van der Waals surface area (Å²) in [5, 5.41) is 0. The van der Waals surface area contributed by atoms with Crippen LogP contribution in [0, 0.1) is 40.8 Å². The van der Waals surface area contributed by atoms with Gasteiger partial charge in [0.25, 0.3) is 0 Å². The first-order chi connectivity index (χ1) is 0. The maximum atomic E-state index is 0.